The Morgan fingerprint density at radius 1 is 1.43 bits per heavy atom. The minimum atomic E-state index is -0.770. The van der Waals surface area contributed by atoms with Gasteiger partial charge in [0.2, 0.25) is 0 Å². The van der Waals surface area contributed by atoms with Gasteiger partial charge in [0.05, 0.1) is 28.0 Å². The molecule has 0 spiro atoms. The average Bonchev–Trinajstić information content (AvgIpc) is 2.95. The van der Waals surface area contributed by atoms with Crippen LogP contribution in [0.3, 0.4) is 0 Å². The number of H-pyrrole nitrogens is 1. The number of imidazole rings is 1. The van der Waals surface area contributed by atoms with Crippen LogP contribution in [-0.2, 0) is 4.79 Å². The summed E-state index contributed by atoms with van der Waals surface area (Å²) in [5, 5.41) is 12.2. The molecule has 0 atom stereocenters. The average molecular weight is 303 g/mol. The maximum absolute atomic E-state index is 10.7. The topological polar surface area (TPSA) is 70.4 Å². The van der Waals surface area contributed by atoms with Gasteiger partial charge in [-0.05, 0) is 18.1 Å². The van der Waals surface area contributed by atoms with Crippen LogP contribution < -0.4 is 0 Å². The number of nitrogens with one attached hydrogen (secondary N) is 1. The van der Waals surface area contributed by atoms with Crippen molar-refractivity contribution in [2.45, 2.75) is 31.1 Å². The second-order valence-electron chi connectivity index (χ2n) is 5.26. The highest BCUT2D eigenvalue weighted by Crippen LogP contribution is 2.33. The van der Waals surface area contributed by atoms with Gasteiger partial charge in [-0.1, -0.05) is 26.0 Å². The summed E-state index contributed by atoms with van der Waals surface area (Å²) < 4.78 is 1.99. The Balaban J connectivity index is 2.09. The van der Waals surface area contributed by atoms with Gasteiger partial charge in [0.25, 0.3) is 0 Å². The summed E-state index contributed by atoms with van der Waals surface area (Å²) in [5.74, 6) is 0.109. The molecule has 0 amide bonds. The molecule has 0 saturated heterocycles. The summed E-state index contributed by atoms with van der Waals surface area (Å²) in [4.78, 5) is 16.4. The first-order valence-corrected chi connectivity index (χ1v) is 7.90. The van der Waals surface area contributed by atoms with Crippen LogP contribution in [0, 0.1) is 0 Å². The van der Waals surface area contributed by atoms with Gasteiger partial charge in [0.15, 0.2) is 5.65 Å². The highest BCUT2D eigenvalue weighted by Gasteiger charge is 2.18. The van der Waals surface area contributed by atoms with Crippen LogP contribution in [-0.4, -0.2) is 31.4 Å². The number of carbonyl (C=O) groups is 1. The van der Waals surface area contributed by atoms with Gasteiger partial charge in [0, 0.05) is 5.75 Å². The van der Waals surface area contributed by atoms with Crippen molar-refractivity contribution in [1.82, 2.24) is 14.6 Å². The molecule has 2 aromatic heterocycles. The van der Waals surface area contributed by atoms with Gasteiger partial charge in [0.1, 0.15) is 0 Å². The van der Waals surface area contributed by atoms with E-state index in [1.807, 2.05) is 28.8 Å². The van der Waals surface area contributed by atoms with Crippen LogP contribution >= 0.6 is 11.8 Å². The molecular weight excluding hydrogens is 286 g/mol. The lowest BCUT2D eigenvalue weighted by Crippen LogP contribution is -1.97. The van der Waals surface area contributed by atoms with Crippen molar-refractivity contribution in [2.75, 3.05) is 5.75 Å². The first-order valence-electron chi connectivity index (χ1n) is 6.91. The first-order chi connectivity index (χ1) is 10.1. The van der Waals surface area contributed by atoms with Gasteiger partial charge in [-0.2, -0.15) is 0 Å². The third kappa shape index (κ3) is 2.51. The van der Waals surface area contributed by atoms with Crippen molar-refractivity contribution in [3.05, 3.63) is 30.0 Å². The Morgan fingerprint density at radius 2 is 2.19 bits per heavy atom. The number of hydrogen-bond acceptors (Lipinski definition) is 3. The van der Waals surface area contributed by atoms with Gasteiger partial charge in [-0.3, -0.25) is 9.89 Å². The fraction of sp³-hybridized carbons (Fsp3) is 0.333. The minimum Gasteiger partial charge on any atom is -0.481 e. The molecular formula is C15H17N3O2S. The van der Waals surface area contributed by atoms with E-state index in [0.29, 0.717) is 11.7 Å². The van der Waals surface area contributed by atoms with Gasteiger partial charge >= 0.3 is 5.97 Å². The number of carboxylic acids is 1. The van der Waals surface area contributed by atoms with E-state index in [9.17, 15) is 4.79 Å². The zero-order chi connectivity index (χ0) is 15.0. The molecule has 1 aromatic carbocycles. The van der Waals surface area contributed by atoms with Crippen molar-refractivity contribution < 1.29 is 9.90 Å². The van der Waals surface area contributed by atoms with Gasteiger partial charge in [-0.15, -0.1) is 11.8 Å². The number of fused-ring (bicyclic) bond motifs is 3. The van der Waals surface area contributed by atoms with E-state index in [1.165, 1.54) is 0 Å². The molecule has 3 rings (SSSR count). The maximum Gasteiger partial charge on any atom is 0.304 e. The zero-order valence-electron chi connectivity index (χ0n) is 12.0. The molecule has 3 aromatic rings. The van der Waals surface area contributed by atoms with Crippen LogP contribution in [0.1, 0.15) is 31.9 Å². The fourth-order valence-electron chi connectivity index (χ4n) is 2.36. The van der Waals surface area contributed by atoms with E-state index in [1.54, 1.807) is 11.8 Å². The largest absolute Gasteiger partial charge is 0.481 e. The van der Waals surface area contributed by atoms with E-state index in [2.05, 4.69) is 23.9 Å². The number of aromatic nitrogens is 3. The highest BCUT2D eigenvalue weighted by molar-refractivity contribution is 7.99. The molecule has 0 unspecified atom stereocenters. The predicted octanol–water partition coefficient (Wildman–Crippen LogP) is 3.51. The molecule has 0 saturated carbocycles. The second kappa shape index (κ2) is 5.44. The molecule has 2 N–H and O–H groups in total. The lowest BCUT2D eigenvalue weighted by atomic mass is 10.1. The smallest absolute Gasteiger partial charge is 0.304 e. The monoisotopic (exact) mass is 303 g/mol. The minimum absolute atomic E-state index is 0.153. The maximum atomic E-state index is 10.7. The molecule has 5 nitrogen and oxygen atoms in total. The Hall–Kier alpha value is -1.95. The van der Waals surface area contributed by atoms with Crippen molar-refractivity contribution in [2.24, 2.45) is 0 Å². The standard InChI is InChI=1S/C15H17N3O2S/c1-9(2)13-14(21-8-7-12(19)20)15-16-10-5-3-4-6-11(10)18(15)17-13/h3-6,9,17H,7-8H2,1-2H3,(H,19,20). The van der Waals surface area contributed by atoms with Crippen LogP contribution in [0.25, 0.3) is 16.7 Å². The molecule has 0 aliphatic carbocycles. The molecule has 6 heteroatoms. The SMILES string of the molecule is CC(C)c1[nH]n2c(nc3ccccc32)c1SCCC(=O)O. The van der Waals surface area contributed by atoms with Crippen molar-refractivity contribution >= 4 is 34.4 Å². The van der Waals surface area contributed by atoms with Gasteiger partial charge in [-0.25, -0.2) is 9.50 Å². The number of carboxylic acid groups (broad SMARTS) is 1. The van der Waals surface area contributed by atoms with Gasteiger partial charge < -0.3 is 5.11 Å². The lowest BCUT2D eigenvalue weighted by Gasteiger charge is -2.05. The molecule has 21 heavy (non-hydrogen) atoms. The lowest BCUT2D eigenvalue weighted by molar-refractivity contribution is -0.136. The summed E-state index contributed by atoms with van der Waals surface area (Å²) in [7, 11) is 0. The van der Waals surface area contributed by atoms with E-state index < -0.39 is 5.97 Å². The Labute approximate surface area is 126 Å². The summed E-state index contributed by atoms with van der Waals surface area (Å²) in [6.45, 7) is 4.24. The molecule has 0 aliphatic rings. The Bertz CT molecular complexity index is 804. The normalized spacial score (nSPS) is 11.8. The van der Waals surface area contributed by atoms with Crippen LogP contribution in [0.5, 0.6) is 0 Å². The Morgan fingerprint density at radius 3 is 2.90 bits per heavy atom. The van der Waals surface area contributed by atoms with Crippen molar-refractivity contribution in [3.8, 4) is 0 Å². The number of hydrogen-bond donors (Lipinski definition) is 2. The number of aromatic amines is 1. The molecule has 0 aliphatic heterocycles. The zero-order valence-corrected chi connectivity index (χ0v) is 12.8. The van der Waals surface area contributed by atoms with Crippen LogP contribution in [0.15, 0.2) is 29.2 Å². The highest BCUT2D eigenvalue weighted by atomic mass is 32.2. The third-order valence-electron chi connectivity index (χ3n) is 3.38. The quantitative estimate of drug-likeness (QED) is 0.708. The molecule has 0 bridgehead atoms. The third-order valence-corrected chi connectivity index (χ3v) is 4.48. The molecule has 0 fully saturated rings. The molecule has 110 valence electrons. The molecule has 2 heterocycles. The molecule has 0 radical (unpaired) electrons. The fourth-order valence-corrected chi connectivity index (χ4v) is 3.54. The number of rotatable bonds is 5. The number of benzene rings is 1. The van der Waals surface area contributed by atoms with E-state index in [0.717, 1.165) is 27.3 Å². The van der Waals surface area contributed by atoms with Crippen molar-refractivity contribution in [3.63, 3.8) is 0 Å². The van der Waals surface area contributed by atoms with Crippen molar-refractivity contribution in [1.29, 1.82) is 0 Å². The predicted molar refractivity (Wildman–Crippen MR) is 84.1 cm³/mol. The second-order valence-corrected chi connectivity index (χ2v) is 6.37. The van der Waals surface area contributed by atoms with Crippen LogP contribution in [0.4, 0.5) is 0 Å². The van der Waals surface area contributed by atoms with E-state index >= 15 is 0 Å². The number of thioether (sulfide) groups is 1. The number of nitrogens with zero attached hydrogens (tertiary/aromatic N) is 2. The van der Waals surface area contributed by atoms with E-state index in [-0.39, 0.29) is 6.42 Å². The van der Waals surface area contributed by atoms with E-state index in [4.69, 9.17) is 5.11 Å². The van der Waals surface area contributed by atoms with Crippen LogP contribution in [0.2, 0.25) is 0 Å². The summed E-state index contributed by atoms with van der Waals surface area (Å²) in [5.41, 5.74) is 3.98. The summed E-state index contributed by atoms with van der Waals surface area (Å²) in [6, 6.07) is 7.97. The summed E-state index contributed by atoms with van der Waals surface area (Å²) >= 11 is 1.56. The first kappa shape index (κ1) is 14.0. The number of aliphatic carboxylic acids is 1. The number of para-hydroxylation sites is 2. The summed E-state index contributed by atoms with van der Waals surface area (Å²) in [6.07, 6.45) is 0.153. The Kier molecular flexibility index (Phi) is 3.63.